The molecule has 3 aromatic rings. The Balaban J connectivity index is 2.32. The third-order valence-electron chi connectivity index (χ3n) is 3.09. The highest BCUT2D eigenvalue weighted by Crippen LogP contribution is 2.29. The summed E-state index contributed by atoms with van der Waals surface area (Å²) in [5, 5.41) is 0.425. The van der Waals surface area contributed by atoms with E-state index >= 15 is 0 Å². The Morgan fingerprint density at radius 1 is 0.952 bits per heavy atom. The molecule has 0 atom stereocenters. The lowest BCUT2D eigenvalue weighted by Crippen LogP contribution is -1.96. The van der Waals surface area contributed by atoms with Crippen LogP contribution in [0.25, 0.3) is 22.3 Å². The van der Waals surface area contributed by atoms with Crippen LogP contribution < -0.4 is 0 Å². The van der Waals surface area contributed by atoms with Gasteiger partial charge in [-0.1, -0.05) is 17.7 Å². The van der Waals surface area contributed by atoms with Gasteiger partial charge in [-0.25, -0.2) is 23.1 Å². The molecular formula is C15H8ClF3N2. The summed E-state index contributed by atoms with van der Waals surface area (Å²) in [5.74, 6) is -2.14. The zero-order valence-corrected chi connectivity index (χ0v) is 11.5. The number of rotatable bonds is 1. The summed E-state index contributed by atoms with van der Waals surface area (Å²) in [6, 6.07) is 5.69. The molecule has 2 nitrogen and oxygen atoms in total. The predicted molar refractivity (Wildman–Crippen MR) is 74.6 cm³/mol. The van der Waals surface area contributed by atoms with Crippen molar-refractivity contribution < 1.29 is 13.2 Å². The van der Waals surface area contributed by atoms with Crippen LogP contribution in [0.3, 0.4) is 0 Å². The van der Waals surface area contributed by atoms with Crippen molar-refractivity contribution in [3.05, 3.63) is 58.5 Å². The zero-order valence-electron chi connectivity index (χ0n) is 10.8. The number of hydrogen-bond donors (Lipinski definition) is 0. The van der Waals surface area contributed by atoms with Gasteiger partial charge in [0.2, 0.25) is 0 Å². The van der Waals surface area contributed by atoms with Crippen LogP contribution in [-0.4, -0.2) is 9.97 Å². The van der Waals surface area contributed by atoms with E-state index in [0.29, 0.717) is 10.9 Å². The lowest BCUT2D eigenvalue weighted by Gasteiger charge is -2.08. The third kappa shape index (κ3) is 2.45. The Morgan fingerprint density at radius 3 is 2.29 bits per heavy atom. The molecule has 1 aromatic heterocycles. The lowest BCUT2D eigenvalue weighted by atomic mass is 10.1. The maximum absolute atomic E-state index is 13.9. The largest absolute Gasteiger partial charge is 0.225 e. The average molecular weight is 309 g/mol. The molecule has 0 bridgehead atoms. The van der Waals surface area contributed by atoms with E-state index in [1.165, 1.54) is 6.07 Å². The Morgan fingerprint density at radius 2 is 1.62 bits per heavy atom. The van der Waals surface area contributed by atoms with Crippen LogP contribution in [0.4, 0.5) is 13.2 Å². The fourth-order valence-corrected chi connectivity index (χ4v) is 2.45. The first-order valence-electron chi connectivity index (χ1n) is 6.04. The van der Waals surface area contributed by atoms with E-state index in [1.807, 2.05) is 0 Å². The molecule has 0 saturated carbocycles. The van der Waals surface area contributed by atoms with E-state index in [0.717, 1.165) is 18.2 Å². The molecule has 0 spiro atoms. The molecule has 1 heterocycles. The zero-order chi connectivity index (χ0) is 15.1. The van der Waals surface area contributed by atoms with Crippen LogP contribution in [0.15, 0.2) is 30.3 Å². The molecule has 0 N–H and O–H groups in total. The van der Waals surface area contributed by atoms with Gasteiger partial charge in [-0.05, 0) is 30.7 Å². The minimum atomic E-state index is -0.769. The quantitative estimate of drug-likeness (QED) is 0.610. The van der Waals surface area contributed by atoms with Crippen molar-refractivity contribution in [2.75, 3.05) is 0 Å². The standard InChI is InChI=1S/C15H8ClF3N2/c1-7-2-3-11(19)13-12(7)14(16)21-15(20-13)8-4-9(17)6-10(18)5-8/h2-6H,1H3. The van der Waals surface area contributed by atoms with Gasteiger partial charge in [0.15, 0.2) is 5.82 Å². The molecule has 3 rings (SSSR count). The van der Waals surface area contributed by atoms with E-state index in [4.69, 9.17) is 11.6 Å². The minimum absolute atomic E-state index is 0.0228. The highest BCUT2D eigenvalue weighted by Gasteiger charge is 2.14. The van der Waals surface area contributed by atoms with Crippen molar-refractivity contribution in [3.63, 3.8) is 0 Å². The van der Waals surface area contributed by atoms with Crippen LogP contribution >= 0.6 is 11.6 Å². The van der Waals surface area contributed by atoms with Crippen LogP contribution in [-0.2, 0) is 0 Å². The minimum Gasteiger partial charge on any atom is -0.225 e. The molecular weight excluding hydrogens is 301 g/mol. The fourth-order valence-electron chi connectivity index (χ4n) is 2.13. The Kier molecular flexibility index (Phi) is 3.29. The summed E-state index contributed by atoms with van der Waals surface area (Å²) >= 11 is 6.06. The maximum atomic E-state index is 13.9. The molecule has 0 radical (unpaired) electrons. The smallest absolute Gasteiger partial charge is 0.161 e. The van der Waals surface area contributed by atoms with E-state index in [2.05, 4.69) is 9.97 Å². The van der Waals surface area contributed by atoms with Crippen molar-refractivity contribution in [2.24, 2.45) is 0 Å². The first kappa shape index (κ1) is 13.8. The number of aryl methyl sites for hydroxylation is 1. The summed E-state index contributed by atoms with van der Waals surface area (Å²) in [6.45, 7) is 1.75. The number of aromatic nitrogens is 2. The number of halogens is 4. The summed E-state index contributed by atoms with van der Waals surface area (Å²) in [4.78, 5) is 8.06. The van der Waals surface area contributed by atoms with Gasteiger partial charge in [-0.2, -0.15) is 0 Å². The van der Waals surface area contributed by atoms with Crippen molar-refractivity contribution >= 4 is 22.5 Å². The Labute approximate surface area is 123 Å². The normalized spacial score (nSPS) is 11.1. The Hall–Kier alpha value is -2.14. The van der Waals surface area contributed by atoms with Crippen LogP contribution in [0.2, 0.25) is 5.15 Å². The average Bonchev–Trinajstić information content (AvgIpc) is 2.41. The van der Waals surface area contributed by atoms with Gasteiger partial charge in [0.25, 0.3) is 0 Å². The SMILES string of the molecule is Cc1ccc(F)c2nc(-c3cc(F)cc(F)c3)nc(Cl)c12. The van der Waals surface area contributed by atoms with Gasteiger partial charge >= 0.3 is 0 Å². The van der Waals surface area contributed by atoms with Crippen LogP contribution in [0.5, 0.6) is 0 Å². The summed E-state index contributed by atoms with van der Waals surface area (Å²) in [5.41, 5.74) is 0.834. The van der Waals surface area contributed by atoms with E-state index < -0.39 is 17.5 Å². The monoisotopic (exact) mass is 308 g/mol. The first-order chi connectivity index (χ1) is 9.95. The molecule has 0 aliphatic rings. The van der Waals surface area contributed by atoms with Gasteiger partial charge in [0, 0.05) is 17.0 Å². The summed E-state index contributed by atoms with van der Waals surface area (Å²) in [6.07, 6.45) is 0. The molecule has 0 amide bonds. The summed E-state index contributed by atoms with van der Waals surface area (Å²) in [7, 11) is 0. The van der Waals surface area contributed by atoms with E-state index in [9.17, 15) is 13.2 Å². The fraction of sp³-hybridized carbons (Fsp3) is 0.0667. The number of nitrogens with zero attached hydrogens (tertiary/aromatic N) is 2. The first-order valence-corrected chi connectivity index (χ1v) is 6.42. The lowest BCUT2D eigenvalue weighted by molar-refractivity contribution is 0.584. The topological polar surface area (TPSA) is 25.8 Å². The number of benzene rings is 2. The second-order valence-electron chi connectivity index (χ2n) is 4.58. The van der Waals surface area contributed by atoms with Gasteiger partial charge in [0.1, 0.15) is 28.1 Å². The summed E-state index contributed by atoms with van der Waals surface area (Å²) < 4.78 is 40.4. The molecule has 0 aliphatic heterocycles. The van der Waals surface area contributed by atoms with E-state index in [1.54, 1.807) is 13.0 Å². The molecule has 0 fully saturated rings. The van der Waals surface area contributed by atoms with Gasteiger partial charge < -0.3 is 0 Å². The molecule has 21 heavy (non-hydrogen) atoms. The van der Waals surface area contributed by atoms with Crippen LogP contribution in [0.1, 0.15) is 5.56 Å². The Bertz CT molecular complexity index is 845. The van der Waals surface area contributed by atoms with Gasteiger partial charge in [0.05, 0.1) is 0 Å². The molecule has 106 valence electrons. The predicted octanol–water partition coefficient (Wildman–Crippen LogP) is 4.68. The van der Waals surface area contributed by atoms with Crippen molar-refractivity contribution in [1.29, 1.82) is 0 Å². The van der Waals surface area contributed by atoms with Gasteiger partial charge in [-0.15, -0.1) is 0 Å². The molecule has 2 aromatic carbocycles. The third-order valence-corrected chi connectivity index (χ3v) is 3.36. The second-order valence-corrected chi connectivity index (χ2v) is 4.94. The molecule has 6 heteroatoms. The molecule has 0 unspecified atom stereocenters. The second kappa shape index (κ2) is 5.00. The van der Waals surface area contributed by atoms with Crippen molar-refractivity contribution in [3.8, 4) is 11.4 Å². The highest BCUT2D eigenvalue weighted by molar-refractivity contribution is 6.34. The van der Waals surface area contributed by atoms with Gasteiger partial charge in [-0.3, -0.25) is 0 Å². The van der Waals surface area contributed by atoms with Crippen LogP contribution in [0, 0.1) is 24.4 Å². The number of hydrogen-bond acceptors (Lipinski definition) is 2. The van der Waals surface area contributed by atoms with E-state index in [-0.39, 0.29) is 22.1 Å². The highest BCUT2D eigenvalue weighted by atomic mass is 35.5. The number of fused-ring (bicyclic) bond motifs is 1. The van der Waals surface area contributed by atoms with Crippen molar-refractivity contribution in [2.45, 2.75) is 6.92 Å². The molecule has 0 saturated heterocycles. The molecule has 0 aliphatic carbocycles. The maximum Gasteiger partial charge on any atom is 0.161 e. The van der Waals surface area contributed by atoms with Crippen molar-refractivity contribution in [1.82, 2.24) is 9.97 Å².